The summed E-state index contributed by atoms with van der Waals surface area (Å²) in [4.78, 5) is 14.1. The smallest absolute Gasteiger partial charge is 0.241 e. The fourth-order valence-corrected chi connectivity index (χ4v) is 0.653. The molecule has 0 bridgehead atoms. The lowest BCUT2D eigenvalue weighted by Gasteiger charge is -1.87. The van der Waals surface area contributed by atoms with E-state index in [9.17, 15) is 4.79 Å². The van der Waals surface area contributed by atoms with Crippen LogP contribution in [0.4, 0.5) is 0 Å². The van der Waals surface area contributed by atoms with Gasteiger partial charge >= 0.3 is 0 Å². The highest BCUT2D eigenvalue weighted by molar-refractivity contribution is 5.90. The molecule has 1 amide bonds. The zero-order chi connectivity index (χ0) is 8.10. The van der Waals surface area contributed by atoms with E-state index in [4.69, 9.17) is 5.73 Å². The third-order valence-corrected chi connectivity index (χ3v) is 1.15. The van der Waals surface area contributed by atoms with Crippen molar-refractivity contribution in [3.8, 4) is 0 Å². The van der Waals surface area contributed by atoms with Gasteiger partial charge in [-0.25, -0.2) is 0 Å². The molecule has 0 atom stereocenters. The largest absolute Gasteiger partial charge is 0.366 e. The van der Waals surface area contributed by atoms with Crippen molar-refractivity contribution in [3.63, 3.8) is 0 Å². The van der Waals surface area contributed by atoms with E-state index in [1.807, 2.05) is 0 Å². The first-order valence-corrected chi connectivity index (χ1v) is 3.16. The molecule has 1 aromatic heterocycles. The van der Waals surface area contributed by atoms with E-state index in [2.05, 4.69) is 4.98 Å². The maximum absolute atomic E-state index is 10.3. The lowest BCUT2D eigenvalue weighted by molar-refractivity contribution is -0.113. The molecule has 3 nitrogen and oxygen atoms in total. The Labute approximate surface area is 64.6 Å². The Morgan fingerprint density at radius 2 is 2.09 bits per heavy atom. The first-order valence-electron chi connectivity index (χ1n) is 3.16. The Balaban J connectivity index is 2.72. The second-order valence-corrected chi connectivity index (χ2v) is 2.02. The predicted molar refractivity (Wildman–Crippen MR) is 42.5 cm³/mol. The quantitative estimate of drug-likeness (QED) is 0.624. The van der Waals surface area contributed by atoms with E-state index < -0.39 is 5.91 Å². The molecule has 0 aliphatic heterocycles. The molecule has 11 heavy (non-hydrogen) atoms. The van der Waals surface area contributed by atoms with Crippen LogP contribution in [0.1, 0.15) is 5.56 Å². The number of carbonyl (C=O) groups is 1. The molecule has 0 aliphatic rings. The molecular formula is C8H8N2O. The van der Waals surface area contributed by atoms with Crippen LogP contribution in [0.15, 0.2) is 30.6 Å². The molecule has 0 fully saturated rings. The first-order chi connectivity index (χ1) is 5.29. The van der Waals surface area contributed by atoms with Gasteiger partial charge in [-0.3, -0.25) is 9.78 Å². The van der Waals surface area contributed by atoms with Crippen molar-refractivity contribution >= 4 is 12.0 Å². The van der Waals surface area contributed by atoms with Gasteiger partial charge in [0.2, 0.25) is 5.91 Å². The third-order valence-electron chi connectivity index (χ3n) is 1.15. The van der Waals surface area contributed by atoms with E-state index in [1.54, 1.807) is 30.6 Å². The number of carbonyl (C=O) groups excluding carboxylic acids is 1. The van der Waals surface area contributed by atoms with Gasteiger partial charge in [-0.2, -0.15) is 0 Å². The van der Waals surface area contributed by atoms with Crippen LogP contribution in [0.3, 0.4) is 0 Å². The van der Waals surface area contributed by atoms with Gasteiger partial charge in [0.1, 0.15) is 0 Å². The molecule has 0 saturated carbocycles. The summed E-state index contributed by atoms with van der Waals surface area (Å²) in [5, 5.41) is 0. The molecule has 56 valence electrons. The lowest BCUT2D eigenvalue weighted by Crippen LogP contribution is -2.04. The van der Waals surface area contributed by atoms with Crippen LogP contribution >= 0.6 is 0 Å². The number of primary amides is 1. The number of rotatable bonds is 2. The molecule has 0 unspecified atom stereocenters. The minimum absolute atomic E-state index is 0.443. The predicted octanol–water partition coefficient (Wildman–Crippen LogP) is 0.580. The molecule has 0 aromatic carbocycles. The minimum Gasteiger partial charge on any atom is -0.366 e. The van der Waals surface area contributed by atoms with E-state index >= 15 is 0 Å². The third kappa shape index (κ3) is 2.62. The Kier molecular flexibility index (Phi) is 2.38. The monoisotopic (exact) mass is 148 g/mol. The molecule has 3 heteroatoms. The fourth-order valence-electron chi connectivity index (χ4n) is 0.653. The number of nitrogens with two attached hydrogens (primary N) is 1. The summed E-state index contributed by atoms with van der Waals surface area (Å²) >= 11 is 0. The molecule has 1 aromatic rings. The van der Waals surface area contributed by atoms with Crippen molar-refractivity contribution in [1.29, 1.82) is 0 Å². The van der Waals surface area contributed by atoms with Crippen LogP contribution in [0.25, 0.3) is 6.08 Å². The topological polar surface area (TPSA) is 56.0 Å². The Hall–Kier alpha value is -1.64. The first kappa shape index (κ1) is 7.47. The Bertz CT molecular complexity index is 267. The van der Waals surface area contributed by atoms with Gasteiger partial charge < -0.3 is 5.73 Å². The maximum Gasteiger partial charge on any atom is 0.241 e. The normalized spacial score (nSPS) is 10.2. The van der Waals surface area contributed by atoms with Gasteiger partial charge in [-0.1, -0.05) is 0 Å². The zero-order valence-corrected chi connectivity index (χ0v) is 5.90. The number of hydrogen-bond donors (Lipinski definition) is 1. The van der Waals surface area contributed by atoms with Crippen LogP contribution in [-0.4, -0.2) is 10.9 Å². The van der Waals surface area contributed by atoms with Crippen molar-refractivity contribution in [2.75, 3.05) is 0 Å². The van der Waals surface area contributed by atoms with E-state index in [0.717, 1.165) is 5.56 Å². The summed E-state index contributed by atoms with van der Waals surface area (Å²) in [6.45, 7) is 0. The van der Waals surface area contributed by atoms with Crippen molar-refractivity contribution < 1.29 is 4.79 Å². The van der Waals surface area contributed by atoms with Crippen molar-refractivity contribution in [1.82, 2.24) is 4.98 Å². The zero-order valence-electron chi connectivity index (χ0n) is 5.90. The second-order valence-electron chi connectivity index (χ2n) is 2.02. The van der Waals surface area contributed by atoms with Crippen LogP contribution in [0, 0.1) is 0 Å². The maximum atomic E-state index is 10.3. The van der Waals surface area contributed by atoms with Gasteiger partial charge in [-0.05, 0) is 23.8 Å². The molecule has 0 radical (unpaired) electrons. The summed E-state index contributed by atoms with van der Waals surface area (Å²) in [7, 11) is 0. The summed E-state index contributed by atoms with van der Waals surface area (Å²) in [5.41, 5.74) is 5.81. The molecule has 0 spiro atoms. The molecule has 1 heterocycles. The van der Waals surface area contributed by atoms with E-state index in [1.165, 1.54) is 6.08 Å². The Morgan fingerprint density at radius 3 is 2.64 bits per heavy atom. The number of nitrogens with zero attached hydrogens (tertiary/aromatic N) is 1. The summed E-state index contributed by atoms with van der Waals surface area (Å²) < 4.78 is 0. The van der Waals surface area contributed by atoms with Gasteiger partial charge in [0, 0.05) is 18.5 Å². The van der Waals surface area contributed by atoms with Crippen molar-refractivity contribution in [2.24, 2.45) is 5.73 Å². The van der Waals surface area contributed by atoms with Crippen LogP contribution < -0.4 is 5.73 Å². The van der Waals surface area contributed by atoms with Gasteiger partial charge in [0.25, 0.3) is 0 Å². The van der Waals surface area contributed by atoms with Gasteiger partial charge in [-0.15, -0.1) is 0 Å². The number of pyridine rings is 1. The average molecular weight is 148 g/mol. The fraction of sp³-hybridized carbons (Fsp3) is 0. The standard InChI is InChI=1S/C8H8N2O/c9-8(11)2-1-7-3-5-10-6-4-7/h1-6H,(H2,9,11). The van der Waals surface area contributed by atoms with Crippen molar-refractivity contribution in [2.45, 2.75) is 0 Å². The molecule has 2 N–H and O–H groups in total. The minimum atomic E-state index is -0.443. The average Bonchev–Trinajstić information content (AvgIpc) is 2.03. The van der Waals surface area contributed by atoms with Crippen LogP contribution in [-0.2, 0) is 4.79 Å². The van der Waals surface area contributed by atoms with Crippen LogP contribution in [0.5, 0.6) is 0 Å². The Morgan fingerprint density at radius 1 is 1.45 bits per heavy atom. The summed E-state index contributed by atoms with van der Waals surface area (Å²) in [6, 6.07) is 3.58. The van der Waals surface area contributed by atoms with Gasteiger partial charge in [0.05, 0.1) is 0 Å². The highest BCUT2D eigenvalue weighted by Gasteiger charge is 1.84. The van der Waals surface area contributed by atoms with Gasteiger partial charge in [0.15, 0.2) is 0 Å². The highest BCUT2D eigenvalue weighted by atomic mass is 16.1. The van der Waals surface area contributed by atoms with E-state index in [-0.39, 0.29) is 0 Å². The molecule has 1 rings (SSSR count). The number of aromatic nitrogens is 1. The summed E-state index contributed by atoms with van der Waals surface area (Å²) in [6.07, 6.45) is 6.26. The molecule has 0 saturated heterocycles. The van der Waals surface area contributed by atoms with E-state index in [0.29, 0.717) is 0 Å². The number of amides is 1. The molecular weight excluding hydrogens is 140 g/mol. The molecule has 0 aliphatic carbocycles. The van der Waals surface area contributed by atoms with Crippen LogP contribution in [0.2, 0.25) is 0 Å². The SMILES string of the molecule is NC(=O)C=Cc1ccncc1. The highest BCUT2D eigenvalue weighted by Crippen LogP contribution is 1.97. The van der Waals surface area contributed by atoms with Crippen molar-refractivity contribution in [3.05, 3.63) is 36.2 Å². The second kappa shape index (κ2) is 3.51. The lowest BCUT2D eigenvalue weighted by atomic mass is 10.2. The number of hydrogen-bond acceptors (Lipinski definition) is 2. The summed E-state index contributed by atoms with van der Waals surface area (Å²) in [5.74, 6) is -0.443.